The maximum Gasteiger partial charge on any atom is 0.261 e. The van der Waals surface area contributed by atoms with Crippen molar-refractivity contribution in [2.75, 3.05) is 6.79 Å². The van der Waals surface area contributed by atoms with Gasteiger partial charge in [-0.3, -0.25) is 4.79 Å². The van der Waals surface area contributed by atoms with Crippen LogP contribution in [0, 0.1) is 6.92 Å². The standard InChI is InChI=1S/C21H17NO5S2/c1-12-2-5-19-15(6-12)20-14(10-29(19,24)25)8-18(28-20)21(23)22-9-13-3-4-16-17(7-13)27-11-26-16/h2-8H,9-11H2,1H3,(H,22,23). The Balaban J connectivity index is 1.40. The molecule has 0 unspecified atom stereocenters. The van der Waals surface area contributed by atoms with Crippen LogP contribution in [0.1, 0.15) is 26.4 Å². The van der Waals surface area contributed by atoms with E-state index in [1.165, 1.54) is 11.3 Å². The van der Waals surface area contributed by atoms with E-state index in [1.54, 1.807) is 18.2 Å². The van der Waals surface area contributed by atoms with Gasteiger partial charge in [0.15, 0.2) is 21.3 Å². The fourth-order valence-corrected chi connectivity index (χ4v) is 6.42. The zero-order valence-electron chi connectivity index (χ0n) is 15.5. The number of aryl methyl sites for hydroxylation is 1. The summed E-state index contributed by atoms with van der Waals surface area (Å²) in [5.74, 6) is 1.06. The molecule has 0 saturated carbocycles. The molecule has 0 fully saturated rings. The SMILES string of the molecule is Cc1ccc2c(c1)-c1sc(C(=O)NCc3ccc4c(c3)OCO4)cc1CS2(=O)=O. The summed E-state index contributed by atoms with van der Waals surface area (Å²) >= 11 is 1.33. The second-order valence-electron chi connectivity index (χ2n) is 7.09. The summed E-state index contributed by atoms with van der Waals surface area (Å²) in [4.78, 5) is 14.4. The van der Waals surface area contributed by atoms with Crippen molar-refractivity contribution in [1.82, 2.24) is 5.32 Å². The second-order valence-corrected chi connectivity index (χ2v) is 10.1. The van der Waals surface area contributed by atoms with E-state index in [2.05, 4.69) is 5.32 Å². The number of hydrogen-bond acceptors (Lipinski definition) is 6. The molecule has 2 aromatic carbocycles. The lowest BCUT2D eigenvalue weighted by Crippen LogP contribution is -2.21. The molecule has 0 aliphatic carbocycles. The Kier molecular flexibility index (Phi) is 4.15. The van der Waals surface area contributed by atoms with Gasteiger partial charge < -0.3 is 14.8 Å². The number of nitrogens with one attached hydrogen (secondary N) is 1. The largest absolute Gasteiger partial charge is 0.454 e. The molecular formula is C21H17NO5S2. The summed E-state index contributed by atoms with van der Waals surface area (Å²) in [7, 11) is -3.40. The second kappa shape index (κ2) is 6.60. The molecule has 2 aliphatic rings. The maximum absolute atomic E-state index is 12.7. The molecule has 1 amide bonds. The van der Waals surface area contributed by atoms with Crippen molar-refractivity contribution in [3.05, 3.63) is 64.0 Å². The van der Waals surface area contributed by atoms with E-state index in [0.717, 1.165) is 16.0 Å². The number of ether oxygens (including phenoxy) is 2. The summed E-state index contributed by atoms with van der Waals surface area (Å²) < 4.78 is 35.9. The van der Waals surface area contributed by atoms with Gasteiger partial charge in [0.25, 0.3) is 5.91 Å². The first kappa shape index (κ1) is 18.2. The van der Waals surface area contributed by atoms with Crippen LogP contribution in [0.25, 0.3) is 10.4 Å². The first-order valence-electron chi connectivity index (χ1n) is 9.04. The van der Waals surface area contributed by atoms with Crippen molar-refractivity contribution in [3.8, 4) is 21.9 Å². The first-order valence-corrected chi connectivity index (χ1v) is 11.5. The monoisotopic (exact) mass is 427 g/mol. The van der Waals surface area contributed by atoms with Crippen LogP contribution >= 0.6 is 11.3 Å². The van der Waals surface area contributed by atoms with Crippen molar-refractivity contribution < 1.29 is 22.7 Å². The molecule has 0 saturated heterocycles. The fraction of sp³-hybridized carbons (Fsp3) is 0.190. The molecule has 1 N–H and O–H groups in total. The zero-order valence-corrected chi connectivity index (χ0v) is 17.2. The summed E-state index contributed by atoms with van der Waals surface area (Å²) in [6.45, 7) is 2.47. The van der Waals surface area contributed by atoms with Crippen LogP contribution in [-0.2, 0) is 22.1 Å². The van der Waals surface area contributed by atoms with Crippen molar-refractivity contribution in [2.24, 2.45) is 0 Å². The first-order chi connectivity index (χ1) is 13.9. The Labute approximate surface area is 172 Å². The number of fused-ring (bicyclic) bond motifs is 4. The number of sulfone groups is 1. The molecule has 6 nitrogen and oxygen atoms in total. The number of rotatable bonds is 3. The summed E-state index contributed by atoms with van der Waals surface area (Å²) in [6.07, 6.45) is 0. The third-order valence-corrected chi connectivity index (χ3v) is 7.91. The Hall–Kier alpha value is -2.84. The van der Waals surface area contributed by atoms with Gasteiger partial charge in [0.05, 0.1) is 15.5 Å². The van der Waals surface area contributed by atoms with Gasteiger partial charge in [-0.1, -0.05) is 17.7 Å². The van der Waals surface area contributed by atoms with Crippen molar-refractivity contribution >= 4 is 27.1 Å². The maximum atomic E-state index is 12.7. The van der Waals surface area contributed by atoms with Crippen LogP contribution in [-0.4, -0.2) is 21.1 Å². The molecular weight excluding hydrogens is 410 g/mol. The lowest BCUT2D eigenvalue weighted by atomic mass is 10.1. The highest BCUT2D eigenvalue weighted by Gasteiger charge is 2.30. The number of amides is 1. The van der Waals surface area contributed by atoms with Gasteiger partial charge in [-0.15, -0.1) is 11.3 Å². The van der Waals surface area contributed by atoms with E-state index >= 15 is 0 Å². The Morgan fingerprint density at radius 2 is 1.93 bits per heavy atom. The van der Waals surface area contributed by atoms with Crippen molar-refractivity contribution in [1.29, 1.82) is 0 Å². The molecule has 0 atom stereocenters. The predicted molar refractivity (Wildman–Crippen MR) is 109 cm³/mol. The third-order valence-electron chi connectivity index (χ3n) is 4.98. The summed E-state index contributed by atoms with van der Waals surface area (Å²) in [5.41, 5.74) is 3.24. The molecule has 0 radical (unpaired) electrons. The fourth-order valence-electron chi connectivity index (χ4n) is 3.57. The highest BCUT2D eigenvalue weighted by atomic mass is 32.2. The highest BCUT2D eigenvalue weighted by Crippen LogP contribution is 2.43. The highest BCUT2D eigenvalue weighted by molar-refractivity contribution is 7.91. The molecule has 2 aliphatic heterocycles. The average molecular weight is 428 g/mol. The minimum absolute atomic E-state index is 0.0790. The van der Waals surface area contributed by atoms with E-state index in [9.17, 15) is 13.2 Å². The van der Waals surface area contributed by atoms with Gasteiger partial charge in [0.1, 0.15) is 0 Å². The van der Waals surface area contributed by atoms with E-state index < -0.39 is 9.84 Å². The molecule has 8 heteroatoms. The van der Waals surface area contributed by atoms with Gasteiger partial charge in [-0.25, -0.2) is 8.42 Å². The predicted octanol–water partition coefficient (Wildman–Crippen LogP) is 3.67. The average Bonchev–Trinajstić information content (AvgIpc) is 3.31. The molecule has 0 spiro atoms. The van der Waals surface area contributed by atoms with Crippen LogP contribution in [0.5, 0.6) is 11.5 Å². The van der Waals surface area contributed by atoms with Crippen molar-refractivity contribution in [2.45, 2.75) is 24.1 Å². The van der Waals surface area contributed by atoms with Crippen LogP contribution < -0.4 is 14.8 Å². The molecule has 1 aromatic heterocycles. The number of hydrogen-bond donors (Lipinski definition) is 1. The van der Waals surface area contributed by atoms with Crippen LogP contribution in [0.3, 0.4) is 0 Å². The van der Waals surface area contributed by atoms with E-state index in [0.29, 0.717) is 38.9 Å². The van der Waals surface area contributed by atoms with E-state index in [1.807, 2.05) is 31.2 Å². The zero-order chi connectivity index (χ0) is 20.2. The lowest BCUT2D eigenvalue weighted by Gasteiger charge is -2.17. The topological polar surface area (TPSA) is 81.7 Å². The van der Waals surface area contributed by atoms with Gasteiger partial charge in [0, 0.05) is 17.0 Å². The van der Waals surface area contributed by atoms with E-state index in [-0.39, 0.29) is 18.5 Å². The number of carbonyl (C=O) groups is 1. The normalized spacial score (nSPS) is 15.5. The number of thiophene rings is 1. The summed E-state index contributed by atoms with van der Waals surface area (Å²) in [6, 6.07) is 12.5. The van der Waals surface area contributed by atoms with E-state index in [4.69, 9.17) is 9.47 Å². The molecule has 0 bridgehead atoms. The van der Waals surface area contributed by atoms with Gasteiger partial charge in [-0.05, 0) is 48.4 Å². The smallest absolute Gasteiger partial charge is 0.261 e. The van der Waals surface area contributed by atoms with Crippen LogP contribution in [0.4, 0.5) is 0 Å². The molecule has 3 aromatic rings. The quantitative estimate of drug-likeness (QED) is 0.690. The lowest BCUT2D eigenvalue weighted by molar-refractivity contribution is 0.0955. The van der Waals surface area contributed by atoms with Crippen LogP contribution in [0.2, 0.25) is 0 Å². The third kappa shape index (κ3) is 3.18. The number of benzene rings is 2. The van der Waals surface area contributed by atoms with Gasteiger partial charge in [0.2, 0.25) is 6.79 Å². The minimum atomic E-state index is -3.40. The molecule has 148 valence electrons. The minimum Gasteiger partial charge on any atom is -0.454 e. The van der Waals surface area contributed by atoms with Crippen LogP contribution in [0.15, 0.2) is 47.4 Å². The van der Waals surface area contributed by atoms with Crippen molar-refractivity contribution in [3.63, 3.8) is 0 Å². The molecule has 29 heavy (non-hydrogen) atoms. The van der Waals surface area contributed by atoms with Gasteiger partial charge >= 0.3 is 0 Å². The Bertz CT molecular complexity index is 1260. The van der Waals surface area contributed by atoms with Gasteiger partial charge in [-0.2, -0.15) is 0 Å². The molecule has 3 heterocycles. The molecule has 5 rings (SSSR count). The number of carbonyl (C=O) groups excluding carboxylic acids is 1. The summed E-state index contributed by atoms with van der Waals surface area (Å²) in [5, 5.41) is 2.90. The Morgan fingerprint density at radius 3 is 2.79 bits per heavy atom. The Morgan fingerprint density at radius 1 is 1.10 bits per heavy atom.